The minimum atomic E-state index is -0.608. The molecule has 1 amide bonds. The van der Waals surface area contributed by atoms with E-state index in [0.717, 1.165) is 22.1 Å². The fourth-order valence-corrected chi connectivity index (χ4v) is 2.46. The summed E-state index contributed by atoms with van der Waals surface area (Å²) in [6.45, 7) is 5.77. The highest BCUT2D eigenvalue weighted by Gasteiger charge is 2.26. The molecule has 1 aromatic carbocycles. The molecule has 0 aliphatic carbocycles. The van der Waals surface area contributed by atoms with Gasteiger partial charge in [-0.2, -0.15) is 5.10 Å². The highest BCUT2D eigenvalue weighted by molar-refractivity contribution is 5.88. The predicted octanol–water partition coefficient (Wildman–Crippen LogP) is 2.45. The van der Waals surface area contributed by atoms with Crippen molar-refractivity contribution in [3.63, 3.8) is 0 Å². The second-order valence-corrected chi connectivity index (χ2v) is 5.94. The van der Waals surface area contributed by atoms with Gasteiger partial charge in [-0.1, -0.05) is 11.6 Å². The van der Waals surface area contributed by atoms with Gasteiger partial charge in [0.15, 0.2) is 0 Å². The summed E-state index contributed by atoms with van der Waals surface area (Å²) in [6.07, 6.45) is 3.33. The Hall–Kier alpha value is -2.63. The van der Waals surface area contributed by atoms with E-state index in [2.05, 4.69) is 20.5 Å². The molecule has 0 bridgehead atoms. The Morgan fingerprint density at radius 2 is 2.23 bits per heavy atom. The first kappa shape index (κ1) is 14.3. The van der Waals surface area contributed by atoms with Crippen LogP contribution in [0.15, 0.2) is 35.2 Å². The SMILES string of the molecule is Cc1ccc2occ(CC(=O)NC(C)(C)c3ncn[nH]3)c2c1. The smallest absolute Gasteiger partial charge is 0.225 e. The maximum Gasteiger partial charge on any atom is 0.225 e. The van der Waals surface area contributed by atoms with Gasteiger partial charge in [0.2, 0.25) is 5.91 Å². The molecule has 2 heterocycles. The molecule has 114 valence electrons. The number of hydrogen-bond acceptors (Lipinski definition) is 4. The van der Waals surface area contributed by atoms with Gasteiger partial charge in [0.1, 0.15) is 17.7 Å². The Morgan fingerprint density at radius 3 is 2.95 bits per heavy atom. The monoisotopic (exact) mass is 298 g/mol. The van der Waals surface area contributed by atoms with Gasteiger partial charge in [0.05, 0.1) is 18.2 Å². The van der Waals surface area contributed by atoms with Crippen molar-refractivity contribution in [2.45, 2.75) is 32.7 Å². The van der Waals surface area contributed by atoms with Crippen LogP contribution >= 0.6 is 0 Å². The van der Waals surface area contributed by atoms with Crippen molar-refractivity contribution < 1.29 is 9.21 Å². The maximum absolute atomic E-state index is 12.3. The number of nitrogens with zero attached hydrogens (tertiary/aromatic N) is 2. The summed E-state index contributed by atoms with van der Waals surface area (Å²) in [5, 5.41) is 10.5. The molecule has 3 rings (SSSR count). The van der Waals surface area contributed by atoms with Gasteiger partial charge < -0.3 is 9.73 Å². The number of H-pyrrole nitrogens is 1. The fourth-order valence-electron chi connectivity index (χ4n) is 2.46. The van der Waals surface area contributed by atoms with Crippen LogP contribution in [0, 0.1) is 6.92 Å². The molecule has 2 N–H and O–H groups in total. The molecule has 0 atom stereocenters. The molecule has 2 aromatic heterocycles. The van der Waals surface area contributed by atoms with E-state index >= 15 is 0 Å². The lowest BCUT2D eigenvalue weighted by molar-refractivity contribution is -0.122. The van der Waals surface area contributed by atoms with Crippen LogP contribution in [0.2, 0.25) is 0 Å². The minimum Gasteiger partial charge on any atom is -0.464 e. The van der Waals surface area contributed by atoms with Crippen LogP contribution in [0.4, 0.5) is 0 Å². The van der Waals surface area contributed by atoms with E-state index in [9.17, 15) is 4.79 Å². The number of benzene rings is 1. The van der Waals surface area contributed by atoms with Gasteiger partial charge in [-0.25, -0.2) is 4.98 Å². The van der Waals surface area contributed by atoms with E-state index in [1.54, 1.807) is 6.26 Å². The van der Waals surface area contributed by atoms with E-state index < -0.39 is 5.54 Å². The number of aromatic nitrogens is 3. The number of aryl methyl sites for hydroxylation is 1. The molecule has 0 unspecified atom stereocenters. The molecule has 22 heavy (non-hydrogen) atoms. The van der Waals surface area contributed by atoms with E-state index in [1.807, 2.05) is 39.0 Å². The van der Waals surface area contributed by atoms with Crippen LogP contribution in [-0.4, -0.2) is 21.1 Å². The standard InChI is InChI=1S/C16H18N4O2/c1-10-4-5-13-12(6-10)11(8-22-13)7-14(21)19-16(2,3)15-17-9-18-20-15/h4-6,8-9H,7H2,1-3H3,(H,19,21)(H,17,18,20). The second kappa shape index (κ2) is 5.29. The van der Waals surface area contributed by atoms with Gasteiger partial charge in [-0.3, -0.25) is 9.89 Å². The molecular weight excluding hydrogens is 280 g/mol. The third-order valence-electron chi connectivity index (χ3n) is 3.62. The van der Waals surface area contributed by atoms with Crippen molar-refractivity contribution in [1.82, 2.24) is 20.5 Å². The van der Waals surface area contributed by atoms with E-state index in [1.165, 1.54) is 6.33 Å². The minimum absolute atomic E-state index is 0.0920. The third kappa shape index (κ3) is 2.72. The molecule has 0 spiro atoms. The average molecular weight is 298 g/mol. The molecule has 0 saturated carbocycles. The van der Waals surface area contributed by atoms with Crippen molar-refractivity contribution in [3.05, 3.63) is 47.7 Å². The summed E-state index contributed by atoms with van der Waals surface area (Å²) in [5.41, 5.74) is 2.20. The van der Waals surface area contributed by atoms with Crippen LogP contribution in [0.25, 0.3) is 11.0 Å². The number of amides is 1. The number of rotatable bonds is 4. The quantitative estimate of drug-likeness (QED) is 0.775. The van der Waals surface area contributed by atoms with E-state index in [-0.39, 0.29) is 12.3 Å². The highest BCUT2D eigenvalue weighted by Crippen LogP contribution is 2.23. The average Bonchev–Trinajstić information content (AvgIpc) is 3.09. The first-order valence-electron chi connectivity index (χ1n) is 7.09. The summed E-state index contributed by atoms with van der Waals surface area (Å²) < 4.78 is 5.50. The van der Waals surface area contributed by atoms with Crippen LogP contribution in [-0.2, 0) is 16.8 Å². The van der Waals surface area contributed by atoms with E-state index in [0.29, 0.717) is 5.82 Å². The molecule has 0 fully saturated rings. The Bertz CT molecular complexity index is 803. The van der Waals surface area contributed by atoms with Crippen LogP contribution in [0.5, 0.6) is 0 Å². The summed E-state index contributed by atoms with van der Waals surface area (Å²) in [6, 6.07) is 5.94. The lowest BCUT2D eigenvalue weighted by Crippen LogP contribution is -2.42. The molecule has 6 heteroatoms. The molecular formula is C16H18N4O2. The zero-order valence-corrected chi connectivity index (χ0v) is 12.8. The van der Waals surface area contributed by atoms with Gasteiger partial charge in [0, 0.05) is 10.9 Å². The number of aromatic amines is 1. The summed E-state index contributed by atoms with van der Waals surface area (Å²) in [5.74, 6) is 0.527. The molecule has 3 aromatic rings. The van der Waals surface area contributed by atoms with E-state index in [4.69, 9.17) is 4.42 Å². The molecule has 0 aliphatic rings. The lowest BCUT2D eigenvalue weighted by Gasteiger charge is -2.23. The fraction of sp³-hybridized carbons (Fsp3) is 0.312. The van der Waals surface area contributed by atoms with Gasteiger partial charge in [-0.15, -0.1) is 0 Å². The summed E-state index contributed by atoms with van der Waals surface area (Å²) in [4.78, 5) is 16.4. The zero-order valence-electron chi connectivity index (χ0n) is 12.8. The first-order chi connectivity index (χ1) is 10.5. The molecule has 0 aliphatic heterocycles. The predicted molar refractivity (Wildman–Crippen MR) is 82.2 cm³/mol. The topological polar surface area (TPSA) is 83.8 Å². The molecule has 6 nitrogen and oxygen atoms in total. The summed E-state index contributed by atoms with van der Waals surface area (Å²) in [7, 11) is 0. The normalized spacial score (nSPS) is 11.8. The van der Waals surface area contributed by atoms with Gasteiger partial charge in [0.25, 0.3) is 0 Å². The molecule has 0 saturated heterocycles. The summed E-state index contributed by atoms with van der Waals surface area (Å²) >= 11 is 0. The zero-order chi connectivity index (χ0) is 15.7. The van der Waals surface area contributed by atoms with Crippen LogP contribution in [0.1, 0.15) is 30.8 Å². The van der Waals surface area contributed by atoms with Crippen molar-refractivity contribution in [2.24, 2.45) is 0 Å². The number of carbonyl (C=O) groups excluding carboxylic acids is 1. The third-order valence-corrected chi connectivity index (χ3v) is 3.62. The van der Waals surface area contributed by atoms with Crippen molar-refractivity contribution >= 4 is 16.9 Å². The number of nitrogens with one attached hydrogen (secondary N) is 2. The number of furan rings is 1. The van der Waals surface area contributed by atoms with Crippen LogP contribution in [0.3, 0.4) is 0 Å². The largest absolute Gasteiger partial charge is 0.464 e. The maximum atomic E-state index is 12.3. The van der Waals surface area contributed by atoms with Crippen molar-refractivity contribution in [1.29, 1.82) is 0 Å². The number of carbonyl (C=O) groups is 1. The second-order valence-electron chi connectivity index (χ2n) is 5.94. The Kier molecular flexibility index (Phi) is 3.44. The number of fused-ring (bicyclic) bond motifs is 1. The number of hydrogen-bond donors (Lipinski definition) is 2. The Labute approximate surface area is 127 Å². The van der Waals surface area contributed by atoms with Gasteiger partial charge in [-0.05, 0) is 32.9 Å². The highest BCUT2D eigenvalue weighted by atomic mass is 16.3. The van der Waals surface area contributed by atoms with Gasteiger partial charge >= 0.3 is 0 Å². The first-order valence-corrected chi connectivity index (χ1v) is 7.09. The Morgan fingerprint density at radius 1 is 1.41 bits per heavy atom. The lowest BCUT2D eigenvalue weighted by atomic mass is 10.0. The van der Waals surface area contributed by atoms with Crippen LogP contribution < -0.4 is 5.32 Å². The van der Waals surface area contributed by atoms with Crippen molar-refractivity contribution in [2.75, 3.05) is 0 Å². The van der Waals surface area contributed by atoms with Crippen molar-refractivity contribution in [3.8, 4) is 0 Å². The molecule has 0 radical (unpaired) electrons. The Balaban J connectivity index is 1.77.